The summed E-state index contributed by atoms with van der Waals surface area (Å²) >= 11 is 0. The lowest BCUT2D eigenvalue weighted by molar-refractivity contribution is -0.121. The van der Waals surface area contributed by atoms with Gasteiger partial charge in [0, 0.05) is 12.7 Å². The molecule has 3 aliphatic heterocycles. The topological polar surface area (TPSA) is 191 Å². The second kappa shape index (κ2) is 7.57. The van der Waals surface area contributed by atoms with Crippen molar-refractivity contribution in [2.45, 2.75) is 42.8 Å². The fourth-order valence-corrected chi connectivity index (χ4v) is 3.93. The zero-order valence-electron chi connectivity index (χ0n) is 15.2. The minimum atomic E-state index is -1.37. The molecule has 0 aromatic heterocycles. The summed E-state index contributed by atoms with van der Waals surface area (Å²) in [7, 11) is 0. The van der Waals surface area contributed by atoms with Gasteiger partial charge in [0.25, 0.3) is 0 Å². The van der Waals surface area contributed by atoms with Crippen molar-refractivity contribution in [3.63, 3.8) is 0 Å². The van der Waals surface area contributed by atoms with Crippen LogP contribution in [0.2, 0.25) is 0 Å². The summed E-state index contributed by atoms with van der Waals surface area (Å²) in [5, 5.41) is 62.4. The van der Waals surface area contributed by atoms with Gasteiger partial charge in [-0.3, -0.25) is 15.5 Å². The molecule has 4 aliphatic rings. The molecule has 4 rings (SSSR count). The molecular weight excluding hydrogens is 386 g/mol. The highest BCUT2D eigenvalue weighted by atomic mass is 16.6. The Labute approximate surface area is 165 Å². The van der Waals surface area contributed by atoms with Crippen LogP contribution >= 0.6 is 0 Å². The van der Waals surface area contributed by atoms with Crippen molar-refractivity contribution in [2.24, 2.45) is 10.9 Å². The Bertz CT molecular complexity index is 799. The van der Waals surface area contributed by atoms with Crippen molar-refractivity contribution in [3.05, 3.63) is 23.9 Å². The number of ether oxygens (including phenoxy) is 1. The van der Waals surface area contributed by atoms with Gasteiger partial charge in [-0.1, -0.05) is 12.2 Å². The predicted octanol–water partition coefficient (Wildman–Crippen LogP) is -4.05. The van der Waals surface area contributed by atoms with Crippen molar-refractivity contribution in [1.29, 1.82) is 5.41 Å². The zero-order valence-corrected chi connectivity index (χ0v) is 15.2. The maximum Gasteiger partial charge on any atom is 0.241 e. The van der Waals surface area contributed by atoms with Gasteiger partial charge in [-0.05, 0) is 5.57 Å². The lowest BCUT2D eigenvalue weighted by atomic mass is 9.98. The summed E-state index contributed by atoms with van der Waals surface area (Å²) < 4.78 is 5.54. The number of amides is 1. The molecule has 0 radical (unpaired) electrons. The van der Waals surface area contributed by atoms with E-state index in [9.17, 15) is 30.3 Å². The Morgan fingerprint density at radius 2 is 1.97 bits per heavy atom. The molecule has 0 bridgehead atoms. The van der Waals surface area contributed by atoms with Crippen LogP contribution in [0.25, 0.3) is 0 Å². The third-order valence-corrected chi connectivity index (χ3v) is 5.50. The van der Waals surface area contributed by atoms with E-state index in [-0.39, 0.29) is 18.3 Å². The van der Waals surface area contributed by atoms with Crippen molar-refractivity contribution >= 4 is 17.7 Å². The quantitative estimate of drug-likeness (QED) is 0.209. The summed E-state index contributed by atoms with van der Waals surface area (Å²) in [6.07, 6.45) is -2.15. The standard InChI is InChI=1S/C17H23N5O7/c18-17-20-14-10(15(28)21-17)6(3-19-7-1-2-8(24)11(7)25)4-22(14)16-13(27)12(26)9(5-23)29-16/h1-2,4,7-13,16,19,23-27H,3,5H2,(H2,18,21,28). The minimum Gasteiger partial charge on any atom is -0.394 e. The van der Waals surface area contributed by atoms with Crippen LogP contribution in [0.3, 0.4) is 0 Å². The lowest BCUT2D eigenvalue weighted by Crippen LogP contribution is -2.51. The van der Waals surface area contributed by atoms with Crippen LogP contribution in [-0.4, -0.2) is 104 Å². The first-order chi connectivity index (χ1) is 13.8. The number of aliphatic hydroxyl groups excluding tert-OH is 5. The highest BCUT2D eigenvalue weighted by Gasteiger charge is 2.50. The maximum atomic E-state index is 12.5. The van der Waals surface area contributed by atoms with Gasteiger partial charge in [0.2, 0.25) is 11.9 Å². The van der Waals surface area contributed by atoms with Gasteiger partial charge in [-0.15, -0.1) is 0 Å². The van der Waals surface area contributed by atoms with Crippen molar-refractivity contribution in [3.8, 4) is 0 Å². The number of carbonyl (C=O) groups is 1. The molecule has 8 atom stereocenters. The molecule has 1 amide bonds. The Hall–Kier alpha value is -2.19. The number of aliphatic hydroxyl groups is 5. The van der Waals surface area contributed by atoms with Crippen LogP contribution in [0.4, 0.5) is 0 Å². The first-order valence-electron chi connectivity index (χ1n) is 9.19. The number of aliphatic imine (C=N–C) groups is 1. The van der Waals surface area contributed by atoms with Gasteiger partial charge in [-0.25, -0.2) is 0 Å². The highest BCUT2D eigenvalue weighted by molar-refractivity contribution is 6.19. The summed E-state index contributed by atoms with van der Waals surface area (Å²) in [6, 6.07) is -0.515. The second-order valence-corrected chi connectivity index (χ2v) is 7.35. The Balaban J connectivity index is 1.58. The van der Waals surface area contributed by atoms with Gasteiger partial charge < -0.3 is 40.5 Å². The number of hydrogen-bond acceptors (Lipinski definition) is 10. The lowest BCUT2D eigenvalue weighted by Gasteiger charge is -2.30. The summed E-state index contributed by atoms with van der Waals surface area (Å²) in [6.45, 7) is -0.352. The molecule has 8 N–H and O–H groups in total. The second-order valence-electron chi connectivity index (χ2n) is 7.35. The monoisotopic (exact) mass is 409 g/mol. The van der Waals surface area contributed by atoms with E-state index in [4.69, 9.17) is 10.1 Å². The molecule has 0 aromatic rings. The molecular formula is C17H23N5O7. The molecule has 12 heteroatoms. The van der Waals surface area contributed by atoms with Gasteiger partial charge in [0.05, 0.1) is 18.8 Å². The van der Waals surface area contributed by atoms with E-state index in [1.54, 1.807) is 6.08 Å². The van der Waals surface area contributed by atoms with Crippen molar-refractivity contribution in [2.75, 3.05) is 13.2 Å². The predicted molar refractivity (Wildman–Crippen MR) is 97.4 cm³/mol. The molecule has 158 valence electrons. The molecule has 0 aromatic carbocycles. The van der Waals surface area contributed by atoms with Crippen LogP contribution in [0.5, 0.6) is 0 Å². The number of guanidine groups is 1. The molecule has 8 unspecified atom stereocenters. The van der Waals surface area contributed by atoms with Crippen molar-refractivity contribution in [1.82, 2.24) is 15.5 Å². The van der Waals surface area contributed by atoms with E-state index in [1.807, 2.05) is 0 Å². The summed E-state index contributed by atoms with van der Waals surface area (Å²) in [4.78, 5) is 18.0. The number of nitrogens with one attached hydrogen (secondary N) is 3. The van der Waals surface area contributed by atoms with E-state index in [1.165, 1.54) is 17.2 Å². The van der Waals surface area contributed by atoms with Gasteiger partial charge >= 0.3 is 0 Å². The molecule has 0 saturated carbocycles. The third-order valence-electron chi connectivity index (χ3n) is 5.50. The summed E-state index contributed by atoms with van der Waals surface area (Å²) in [5.41, 5.74) is 0.536. The zero-order chi connectivity index (χ0) is 20.9. The number of nitrogens with zero attached hydrogens (tertiary/aromatic N) is 2. The van der Waals surface area contributed by atoms with Gasteiger partial charge in [0.1, 0.15) is 36.2 Å². The van der Waals surface area contributed by atoms with E-state index in [2.05, 4.69) is 15.6 Å². The average Bonchev–Trinajstić information content (AvgIpc) is 3.29. The molecule has 1 aliphatic carbocycles. The van der Waals surface area contributed by atoms with Crippen LogP contribution in [-0.2, 0) is 9.53 Å². The van der Waals surface area contributed by atoms with Crippen LogP contribution in [0.15, 0.2) is 28.9 Å². The van der Waals surface area contributed by atoms with Crippen molar-refractivity contribution < 1.29 is 35.1 Å². The highest BCUT2D eigenvalue weighted by Crippen LogP contribution is 2.33. The number of carbonyl (C=O) groups excluding carboxylic acids is 1. The normalized spacial score (nSPS) is 41.5. The molecule has 0 spiro atoms. The Kier molecular flexibility index (Phi) is 5.25. The smallest absolute Gasteiger partial charge is 0.241 e. The molecule has 1 fully saturated rings. The van der Waals surface area contributed by atoms with E-state index < -0.39 is 61.2 Å². The van der Waals surface area contributed by atoms with E-state index in [0.29, 0.717) is 5.57 Å². The summed E-state index contributed by atoms with van der Waals surface area (Å²) in [5.74, 6) is -1.54. The molecule has 29 heavy (non-hydrogen) atoms. The first kappa shape index (κ1) is 20.1. The van der Waals surface area contributed by atoms with Crippen LogP contribution in [0, 0.1) is 11.3 Å². The molecule has 12 nitrogen and oxygen atoms in total. The van der Waals surface area contributed by atoms with Crippen LogP contribution in [0.1, 0.15) is 0 Å². The molecule has 1 saturated heterocycles. The number of fused-ring (bicyclic) bond motifs is 1. The minimum absolute atomic E-state index is 0.147. The van der Waals surface area contributed by atoms with E-state index >= 15 is 0 Å². The fourth-order valence-electron chi connectivity index (χ4n) is 3.93. The first-order valence-corrected chi connectivity index (χ1v) is 9.19. The Morgan fingerprint density at radius 1 is 1.21 bits per heavy atom. The number of amidine groups is 1. The maximum absolute atomic E-state index is 12.5. The SMILES string of the molecule is N=C1N=C2C(C(=O)N1)C(CNC1C=CC(O)C1O)=CN2C1OC(CO)C(O)C1O. The largest absolute Gasteiger partial charge is 0.394 e. The van der Waals surface area contributed by atoms with E-state index in [0.717, 1.165) is 0 Å². The average molecular weight is 409 g/mol. The van der Waals surface area contributed by atoms with Gasteiger partial charge in [0.15, 0.2) is 6.23 Å². The fraction of sp³-hybridized carbons (Fsp3) is 0.588. The third kappa shape index (κ3) is 3.38. The Morgan fingerprint density at radius 3 is 2.59 bits per heavy atom. The van der Waals surface area contributed by atoms with Crippen LogP contribution < -0.4 is 10.6 Å². The number of hydrogen-bond donors (Lipinski definition) is 8. The number of rotatable bonds is 5. The molecule has 3 heterocycles. The van der Waals surface area contributed by atoms with Gasteiger partial charge in [-0.2, -0.15) is 4.99 Å².